The van der Waals surface area contributed by atoms with Crippen LogP contribution in [0.5, 0.6) is 0 Å². The second-order valence-corrected chi connectivity index (χ2v) is 8.50. The maximum absolute atomic E-state index is 4.73. The molecular formula is C18H26N2S. The monoisotopic (exact) mass is 302 g/mol. The van der Waals surface area contributed by atoms with Crippen LogP contribution in [0.1, 0.15) is 52.1 Å². The molecule has 0 saturated carbocycles. The van der Waals surface area contributed by atoms with Gasteiger partial charge in [0.15, 0.2) is 0 Å². The van der Waals surface area contributed by atoms with Crippen LogP contribution in [0.4, 0.5) is 0 Å². The maximum Gasteiger partial charge on any atom is 0.107 e. The average molecular weight is 302 g/mol. The molecule has 21 heavy (non-hydrogen) atoms. The third-order valence-electron chi connectivity index (χ3n) is 3.37. The highest BCUT2D eigenvalue weighted by atomic mass is 32.1. The zero-order valence-corrected chi connectivity index (χ0v) is 14.8. The van der Waals surface area contributed by atoms with Crippen molar-refractivity contribution < 1.29 is 0 Å². The van der Waals surface area contributed by atoms with Gasteiger partial charge in [-0.25, -0.2) is 4.98 Å². The van der Waals surface area contributed by atoms with Crippen LogP contribution in [-0.4, -0.2) is 10.5 Å². The standard InChI is InChI=1S/C18H26N2S/c1-17(2,3)14-9-7-13(8-10-14)15-12-21-16(20-15)11-19-18(4,5)6/h7-10,12,19H,11H2,1-6H3. The normalized spacial score (nSPS) is 12.7. The predicted octanol–water partition coefficient (Wildman–Crippen LogP) is 5.00. The Balaban J connectivity index is 2.11. The minimum Gasteiger partial charge on any atom is -0.306 e. The summed E-state index contributed by atoms with van der Waals surface area (Å²) >= 11 is 1.72. The molecule has 0 unspecified atom stereocenters. The lowest BCUT2D eigenvalue weighted by Gasteiger charge is -2.19. The molecule has 2 nitrogen and oxygen atoms in total. The van der Waals surface area contributed by atoms with Gasteiger partial charge in [-0.15, -0.1) is 11.3 Å². The fraction of sp³-hybridized carbons (Fsp3) is 0.500. The molecule has 0 radical (unpaired) electrons. The minimum absolute atomic E-state index is 0.125. The Labute approximate surface area is 132 Å². The second kappa shape index (κ2) is 5.90. The van der Waals surface area contributed by atoms with Crippen molar-refractivity contribution in [3.63, 3.8) is 0 Å². The van der Waals surface area contributed by atoms with E-state index in [1.54, 1.807) is 11.3 Å². The third-order valence-corrected chi connectivity index (χ3v) is 4.22. The summed E-state index contributed by atoms with van der Waals surface area (Å²) in [6, 6.07) is 8.77. The molecule has 1 aromatic carbocycles. The number of nitrogens with zero attached hydrogens (tertiary/aromatic N) is 1. The molecule has 0 amide bonds. The Hall–Kier alpha value is -1.19. The molecule has 2 aromatic rings. The number of aromatic nitrogens is 1. The Kier molecular flexibility index (Phi) is 4.54. The van der Waals surface area contributed by atoms with Gasteiger partial charge in [-0.05, 0) is 31.7 Å². The number of benzene rings is 1. The van der Waals surface area contributed by atoms with E-state index in [-0.39, 0.29) is 11.0 Å². The molecule has 0 saturated heterocycles. The quantitative estimate of drug-likeness (QED) is 0.863. The summed E-state index contributed by atoms with van der Waals surface area (Å²) in [7, 11) is 0. The maximum atomic E-state index is 4.73. The van der Waals surface area contributed by atoms with Crippen LogP contribution < -0.4 is 5.32 Å². The zero-order valence-electron chi connectivity index (χ0n) is 13.9. The molecule has 1 aromatic heterocycles. The topological polar surface area (TPSA) is 24.9 Å². The summed E-state index contributed by atoms with van der Waals surface area (Å²) in [5, 5.41) is 6.76. The van der Waals surface area contributed by atoms with Crippen molar-refractivity contribution in [3.05, 3.63) is 40.2 Å². The van der Waals surface area contributed by atoms with Crippen molar-refractivity contribution in [2.24, 2.45) is 0 Å². The Morgan fingerprint density at radius 2 is 1.62 bits per heavy atom. The van der Waals surface area contributed by atoms with Crippen LogP contribution in [0.25, 0.3) is 11.3 Å². The third kappa shape index (κ3) is 4.65. The van der Waals surface area contributed by atoms with Gasteiger partial charge in [0.25, 0.3) is 0 Å². The van der Waals surface area contributed by atoms with Crippen LogP contribution in [-0.2, 0) is 12.0 Å². The van der Waals surface area contributed by atoms with Crippen LogP contribution in [0, 0.1) is 0 Å². The number of hydrogen-bond donors (Lipinski definition) is 1. The number of thiazole rings is 1. The van der Waals surface area contributed by atoms with E-state index in [4.69, 9.17) is 4.98 Å². The van der Waals surface area contributed by atoms with Gasteiger partial charge in [0.05, 0.1) is 5.69 Å². The lowest BCUT2D eigenvalue weighted by molar-refractivity contribution is 0.424. The molecule has 3 heteroatoms. The van der Waals surface area contributed by atoms with Gasteiger partial charge in [0.1, 0.15) is 5.01 Å². The van der Waals surface area contributed by atoms with Crippen molar-refractivity contribution in [2.75, 3.05) is 0 Å². The molecule has 2 rings (SSSR count). The second-order valence-electron chi connectivity index (χ2n) is 7.56. The summed E-state index contributed by atoms with van der Waals surface area (Å²) in [5.41, 5.74) is 3.95. The molecular weight excluding hydrogens is 276 g/mol. The van der Waals surface area contributed by atoms with E-state index in [1.807, 2.05) is 0 Å². The first-order valence-corrected chi connectivity index (χ1v) is 8.33. The molecule has 0 aliphatic heterocycles. The zero-order chi connectivity index (χ0) is 15.7. The summed E-state index contributed by atoms with van der Waals surface area (Å²) in [5.74, 6) is 0. The lowest BCUT2D eigenvalue weighted by Crippen LogP contribution is -2.34. The minimum atomic E-state index is 0.125. The van der Waals surface area contributed by atoms with Crippen LogP contribution in [0.15, 0.2) is 29.6 Å². The molecule has 0 fully saturated rings. The van der Waals surface area contributed by atoms with Crippen LogP contribution in [0.2, 0.25) is 0 Å². The van der Waals surface area contributed by atoms with Crippen molar-refractivity contribution in [1.82, 2.24) is 10.3 Å². The van der Waals surface area contributed by atoms with Gasteiger partial charge >= 0.3 is 0 Å². The largest absolute Gasteiger partial charge is 0.306 e. The van der Waals surface area contributed by atoms with Gasteiger partial charge < -0.3 is 5.32 Å². The van der Waals surface area contributed by atoms with Crippen molar-refractivity contribution in [1.29, 1.82) is 0 Å². The van der Waals surface area contributed by atoms with Gasteiger partial charge in [0, 0.05) is 23.0 Å². The van der Waals surface area contributed by atoms with Crippen LogP contribution in [0.3, 0.4) is 0 Å². The van der Waals surface area contributed by atoms with E-state index < -0.39 is 0 Å². The Morgan fingerprint density at radius 1 is 1.00 bits per heavy atom. The summed E-state index contributed by atoms with van der Waals surface area (Å²) in [4.78, 5) is 4.73. The molecule has 114 valence electrons. The van der Waals surface area contributed by atoms with Gasteiger partial charge in [-0.3, -0.25) is 0 Å². The van der Waals surface area contributed by atoms with E-state index >= 15 is 0 Å². The van der Waals surface area contributed by atoms with E-state index in [9.17, 15) is 0 Å². The average Bonchev–Trinajstić information content (AvgIpc) is 2.83. The summed E-state index contributed by atoms with van der Waals surface area (Å²) < 4.78 is 0. The fourth-order valence-electron chi connectivity index (χ4n) is 2.01. The van der Waals surface area contributed by atoms with Gasteiger partial charge in [0.2, 0.25) is 0 Å². The molecule has 0 aliphatic rings. The van der Waals surface area contributed by atoms with E-state index in [0.29, 0.717) is 0 Å². The lowest BCUT2D eigenvalue weighted by atomic mass is 9.86. The van der Waals surface area contributed by atoms with Gasteiger partial charge in [-0.1, -0.05) is 45.0 Å². The summed E-state index contributed by atoms with van der Waals surface area (Å²) in [6.45, 7) is 14.1. The Bertz CT molecular complexity index is 583. The molecule has 1 N–H and O–H groups in total. The number of rotatable bonds is 3. The first kappa shape index (κ1) is 16.2. The molecule has 0 bridgehead atoms. The Morgan fingerprint density at radius 3 is 2.14 bits per heavy atom. The molecule has 0 atom stereocenters. The van der Waals surface area contributed by atoms with Gasteiger partial charge in [-0.2, -0.15) is 0 Å². The van der Waals surface area contributed by atoms with Crippen LogP contribution >= 0.6 is 11.3 Å². The van der Waals surface area contributed by atoms with Crippen molar-refractivity contribution in [3.8, 4) is 11.3 Å². The molecule has 0 aliphatic carbocycles. The number of nitrogens with one attached hydrogen (secondary N) is 1. The first-order chi connectivity index (χ1) is 9.65. The van der Waals surface area contributed by atoms with E-state index in [2.05, 4.69) is 76.5 Å². The predicted molar refractivity (Wildman–Crippen MR) is 92.8 cm³/mol. The molecule has 0 spiro atoms. The smallest absolute Gasteiger partial charge is 0.107 e. The highest BCUT2D eigenvalue weighted by Gasteiger charge is 2.14. The SMILES string of the molecule is CC(C)(C)NCc1nc(-c2ccc(C(C)(C)C)cc2)cs1. The van der Waals surface area contributed by atoms with E-state index in [0.717, 1.165) is 17.2 Å². The fourth-order valence-corrected chi connectivity index (χ4v) is 2.75. The highest BCUT2D eigenvalue weighted by Crippen LogP contribution is 2.27. The molecule has 1 heterocycles. The highest BCUT2D eigenvalue weighted by molar-refractivity contribution is 7.09. The van der Waals surface area contributed by atoms with Crippen molar-refractivity contribution in [2.45, 2.75) is 59.0 Å². The number of hydrogen-bond acceptors (Lipinski definition) is 3. The first-order valence-electron chi connectivity index (χ1n) is 7.45. The van der Waals surface area contributed by atoms with Crippen molar-refractivity contribution >= 4 is 11.3 Å². The summed E-state index contributed by atoms with van der Waals surface area (Å²) in [6.07, 6.45) is 0. The van der Waals surface area contributed by atoms with E-state index in [1.165, 1.54) is 11.1 Å².